The first-order valence-corrected chi connectivity index (χ1v) is 8.21. The van der Waals surface area contributed by atoms with E-state index in [0.29, 0.717) is 18.9 Å². The minimum Gasteiger partial charge on any atom is -0.342 e. The Bertz CT molecular complexity index is 584. The summed E-state index contributed by atoms with van der Waals surface area (Å²) in [6, 6.07) is 7.88. The smallest absolute Gasteiger partial charge is 0.228 e. The van der Waals surface area contributed by atoms with Crippen molar-refractivity contribution in [2.24, 2.45) is 11.8 Å². The fourth-order valence-electron chi connectivity index (χ4n) is 3.62. The van der Waals surface area contributed by atoms with Gasteiger partial charge in [0.15, 0.2) is 0 Å². The molecule has 0 radical (unpaired) electrons. The summed E-state index contributed by atoms with van der Waals surface area (Å²) < 4.78 is 0. The van der Waals surface area contributed by atoms with Gasteiger partial charge in [-0.1, -0.05) is 25.1 Å². The Hall–Kier alpha value is -1.84. The highest BCUT2D eigenvalue weighted by molar-refractivity contribution is 6.00. The van der Waals surface area contributed by atoms with E-state index in [-0.39, 0.29) is 17.7 Å². The van der Waals surface area contributed by atoms with Crippen LogP contribution in [-0.2, 0) is 9.59 Å². The molecular formula is C18H24N2O2. The monoisotopic (exact) mass is 300 g/mol. The Labute approximate surface area is 132 Å². The van der Waals surface area contributed by atoms with Crippen LogP contribution in [0.3, 0.4) is 0 Å². The molecule has 3 rings (SSSR count). The maximum atomic E-state index is 12.7. The van der Waals surface area contributed by atoms with Crippen molar-refractivity contribution in [3.63, 3.8) is 0 Å². The van der Waals surface area contributed by atoms with Gasteiger partial charge in [0.2, 0.25) is 11.8 Å². The third kappa shape index (κ3) is 2.87. The minimum absolute atomic E-state index is 0.0673. The van der Waals surface area contributed by atoms with Crippen molar-refractivity contribution in [2.75, 3.05) is 24.5 Å². The largest absolute Gasteiger partial charge is 0.342 e. The van der Waals surface area contributed by atoms with Gasteiger partial charge in [0, 0.05) is 31.7 Å². The number of aryl methyl sites for hydroxylation is 1. The van der Waals surface area contributed by atoms with Gasteiger partial charge in [-0.05, 0) is 37.3 Å². The molecule has 2 atom stereocenters. The van der Waals surface area contributed by atoms with Crippen LogP contribution < -0.4 is 4.90 Å². The van der Waals surface area contributed by atoms with Crippen molar-refractivity contribution in [1.82, 2.24) is 4.90 Å². The summed E-state index contributed by atoms with van der Waals surface area (Å²) in [5.41, 5.74) is 2.02. The van der Waals surface area contributed by atoms with E-state index in [2.05, 4.69) is 6.92 Å². The van der Waals surface area contributed by atoms with Gasteiger partial charge in [0.1, 0.15) is 0 Å². The lowest BCUT2D eigenvalue weighted by atomic mass is 9.98. The van der Waals surface area contributed by atoms with Crippen molar-refractivity contribution >= 4 is 17.5 Å². The van der Waals surface area contributed by atoms with Gasteiger partial charge in [0.05, 0.1) is 5.92 Å². The van der Waals surface area contributed by atoms with Gasteiger partial charge in [-0.2, -0.15) is 0 Å². The molecule has 4 nitrogen and oxygen atoms in total. The molecule has 2 amide bonds. The maximum absolute atomic E-state index is 12.7. The van der Waals surface area contributed by atoms with E-state index in [9.17, 15) is 9.59 Å². The SMILES string of the molecule is Cc1ccccc1N1C[C@H](C(=O)N2CCC[C@@H](C)C2)CC1=O. The molecule has 2 fully saturated rings. The van der Waals surface area contributed by atoms with Gasteiger partial charge in [-0.25, -0.2) is 0 Å². The molecule has 4 heteroatoms. The summed E-state index contributed by atoms with van der Waals surface area (Å²) in [6.07, 6.45) is 2.62. The van der Waals surface area contributed by atoms with Crippen molar-refractivity contribution in [1.29, 1.82) is 0 Å². The first-order chi connectivity index (χ1) is 10.6. The number of nitrogens with zero attached hydrogens (tertiary/aromatic N) is 2. The zero-order valence-electron chi connectivity index (χ0n) is 13.4. The fourth-order valence-corrected chi connectivity index (χ4v) is 3.62. The first-order valence-electron chi connectivity index (χ1n) is 8.21. The number of piperidine rings is 1. The topological polar surface area (TPSA) is 40.6 Å². The average molecular weight is 300 g/mol. The zero-order chi connectivity index (χ0) is 15.7. The summed E-state index contributed by atoms with van der Waals surface area (Å²) in [5, 5.41) is 0. The maximum Gasteiger partial charge on any atom is 0.228 e. The number of hydrogen-bond donors (Lipinski definition) is 0. The van der Waals surface area contributed by atoms with Gasteiger partial charge in [0.25, 0.3) is 0 Å². The van der Waals surface area contributed by atoms with E-state index in [4.69, 9.17) is 0 Å². The molecule has 0 spiro atoms. The highest BCUT2D eigenvalue weighted by Gasteiger charge is 2.38. The zero-order valence-corrected chi connectivity index (χ0v) is 13.4. The molecule has 0 aliphatic carbocycles. The number of carbonyl (C=O) groups excluding carboxylic acids is 2. The second kappa shape index (κ2) is 6.11. The predicted octanol–water partition coefficient (Wildman–Crippen LogP) is 2.61. The number of para-hydroxylation sites is 1. The summed E-state index contributed by atoms with van der Waals surface area (Å²) in [6.45, 7) is 6.41. The molecule has 2 aliphatic rings. The molecule has 0 N–H and O–H groups in total. The molecular weight excluding hydrogens is 276 g/mol. The molecule has 0 bridgehead atoms. The Morgan fingerprint density at radius 1 is 1.23 bits per heavy atom. The Kier molecular flexibility index (Phi) is 4.19. The van der Waals surface area contributed by atoms with Gasteiger partial charge >= 0.3 is 0 Å². The molecule has 1 aromatic rings. The number of anilines is 1. The molecule has 0 aromatic heterocycles. The van der Waals surface area contributed by atoms with E-state index >= 15 is 0 Å². The first kappa shape index (κ1) is 15.1. The highest BCUT2D eigenvalue weighted by atomic mass is 16.2. The van der Waals surface area contributed by atoms with E-state index in [1.165, 1.54) is 6.42 Å². The molecule has 2 heterocycles. The lowest BCUT2D eigenvalue weighted by Crippen LogP contribution is -2.43. The van der Waals surface area contributed by atoms with Crippen molar-refractivity contribution < 1.29 is 9.59 Å². The number of hydrogen-bond acceptors (Lipinski definition) is 2. The number of amides is 2. The highest BCUT2D eigenvalue weighted by Crippen LogP contribution is 2.29. The Balaban J connectivity index is 1.72. The van der Waals surface area contributed by atoms with Crippen LogP contribution in [0.15, 0.2) is 24.3 Å². The lowest BCUT2D eigenvalue weighted by molar-refractivity contribution is -0.137. The minimum atomic E-state index is -0.183. The summed E-state index contributed by atoms with van der Waals surface area (Å²) in [5.74, 6) is 0.619. The van der Waals surface area contributed by atoms with Crippen LogP contribution in [0.25, 0.3) is 0 Å². The third-order valence-electron chi connectivity index (χ3n) is 4.85. The standard InChI is InChI=1S/C18H24N2O2/c1-13-6-5-9-19(11-13)18(22)15-10-17(21)20(12-15)16-8-4-3-7-14(16)2/h3-4,7-8,13,15H,5-6,9-12H2,1-2H3/t13-,15-/m1/s1. The number of rotatable bonds is 2. The molecule has 2 saturated heterocycles. The van der Waals surface area contributed by atoms with Gasteiger partial charge in [-0.3, -0.25) is 9.59 Å². The quantitative estimate of drug-likeness (QED) is 0.842. The fraction of sp³-hybridized carbons (Fsp3) is 0.556. The van der Waals surface area contributed by atoms with Crippen LogP contribution in [0.4, 0.5) is 5.69 Å². The molecule has 0 saturated carbocycles. The van der Waals surface area contributed by atoms with Crippen LogP contribution >= 0.6 is 0 Å². The Morgan fingerprint density at radius 2 is 2.00 bits per heavy atom. The number of likely N-dealkylation sites (tertiary alicyclic amines) is 1. The molecule has 118 valence electrons. The van der Waals surface area contributed by atoms with Gasteiger partial charge in [-0.15, -0.1) is 0 Å². The second-order valence-corrected chi connectivity index (χ2v) is 6.72. The second-order valence-electron chi connectivity index (χ2n) is 6.72. The molecule has 1 aromatic carbocycles. The lowest BCUT2D eigenvalue weighted by Gasteiger charge is -2.32. The van der Waals surface area contributed by atoms with Crippen LogP contribution in [0.5, 0.6) is 0 Å². The molecule has 2 aliphatic heterocycles. The van der Waals surface area contributed by atoms with Crippen molar-refractivity contribution in [3.8, 4) is 0 Å². The van der Waals surface area contributed by atoms with Crippen molar-refractivity contribution in [3.05, 3.63) is 29.8 Å². The molecule has 22 heavy (non-hydrogen) atoms. The molecule has 0 unspecified atom stereocenters. The summed E-state index contributed by atoms with van der Waals surface area (Å²) in [7, 11) is 0. The Morgan fingerprint density at radius 3 is 2.73 bits per heavy atom. The van der Waals surface area contributed by atoms with Crippen LogP contribution in [0.1, 0.15) is 31.7 Å². The average Bonchev–Trinajstić information content (AvgIpc) is 2.89. The van der Waals surface area contributed by atoms with Crippen LogP contribution in [0, 0.1) is 18.8 Å². The van der Waals surface area contributed by atoms with E-state index in [1.807, 2.05) is 36.1 Å². The van der Waals surface area contributed by atoms with Crippen LogP contribution in [-0.4, -0.2) is 36.3 Å². The summed E-state index contributed by atoms with van der Waals surface area (Å²) in [4.78, 5) is 28.8. The van der Waals surface area contributed by atoms with Gasteiger partial charge < -0.3 is 9.80 Å². The number of benzene rings is 1. The van der Waals surface area contributed by atoms with E-state index < -0.39 is 0 Å². The number of carbonyl (C=O) groups is 2. The van der Waals surface area contributed by atoms with E-state index in [0.717, 1.165) is 30.8 Å². The third-order valence-corrected chi connectivity index (χ3v) is 4.85. The predicted molar refractivity (Wildman–Crippen MR) is 86.6 cm³/mol. The summed E-state index contributed by atoms with van der Waals surface area (Å²) >= 11 is 0. The van der Waals surface area contributed by atoms with E-state index in [1.54, 1.807) is 4.90 Å². The van der Waals surface area contributed by atoms with Crippen molar-refractivity contribution in [2.45, 2.75) is 33.1 Å². The normalized spacial score (nSPS) is 25.6. The van der Waals surface area contributed by atoms with Crippen LogP contribution in [0.2, 0.25) is 0 Å².